The molecule has 7 unspecified atom stereocenters. The number of allylic oxidation sites excluding steroid dienone is 2. The van der Waals surface area contributed by atoms with E-state index in [4.69, 9.17) is 4.74 Å². The Morgan fingerprint density at radius 1 is 0.960 bits per heavy atom. The van der Waals surface area contributed by atoms with E-state index < -0.39 is 0 Å². The molecule has 0 radical (unpaired) electrons. The minimum atomic E-state index is 0.362. The molecule has 6 rings (SSSR count). The first-order valence-electron chi connectivity index (χ1n) is 10.0. The van der Waals surface area contributed by atoms with E-state index in [0.717, 1.165) is 47.9 Å². The summed E-state index contributed by atoms with van der Waals surface area (Å²) in [5, 5.41) is 2.52. The molecule has 0 spiro atoms. The Morgan fingerprint density at radius 2 is 1.76 bits per heavy atom. The Labute approximate surface area is 150 Å². The van der Waals surface area contributed by atoms with E-state index in [1.165, 1.54) is 30.0 Å². The van der Waals surface area contributed by atoms with Crippen LogP contribution in [0.4, 0.5) is 0 Å². The van der Waals surface area contributed by atoms with E-state index in [9.17, 15) is 0 Å². The number of ether oxygens (including phenoxy) is 1. The van der Waals surface area contributed by atoms with Gasteiger partial charge in [-0.1, -0.05) is 55.5 Å². The Hall–Kier alpha value is -1.76. The zero-order valence-corrected chi connectivity index (χ0v) is 14.9. The maximum absolute atomic E-state index is 6.47. The minimum Gasteiger partial charge on any atom is -0.492 e. The van der Waals surface area contributed by atoms with Crippen molar-refractivity contribution in [1.29, 1.82) is 0 Å². The molecule has 0 amide bonds. The largest absolute Gasteiger partial charge is 0.492 e. The zero-order chi connectivity index (χ0) is 16.6. The van der Waals surface area contributed by atoms with Gasteiger partial charge in [0.1, 0.15) is 5.75 Å². The summed E-state index contributed by atoms with van der Waals surface area (Å²) < 4.78 is 6.47. The zero-order valence-electron chi connectivity index (χ0n) is 14.9. The molecule has 0 aromatic heterocycles. The van der Waals surface area contributed by atoms with Crippen LogP contribution in [0.25, 0.3) is 10.8 Å². The second kappa shape index (κ2) is 4.90. The van der Waals surface area contributed by atoms with Gasteiger partial charge in [0.2, 0.25) is 0 Å². The summed E-state index contributed by atoms with van der Waals surface area (Å²) in [5.41, 5.74) is 0.362. The van der Waals surface area contributed by atoms with Crippen LogP contribution in [0.2, 0.25) is 0 Å². The van der Waals surface area contributed by atoms with Gasteiger partial charge in [-0.3, -0.25) is 0 Å². The minimum absolute atomic E-state index is 0.362. The summed E-state index contributed by atoms with van der Waals surface area (Å²) in [6.45, 7) is 3.39. The third-order valence-electron chi connectivity index (χ3n) is 8.08. The summed E-state index contributed by atoms with van der Waals surface area (Å²) in [5.74, 6) is 6.64. The van der Waals surface area contributed by atoms with Crippen LogP contribution in [-0.2, 0) is 0 Å². The first kappa shape index (κ1) is 14.4. The molecule has 0 heterocycles. The van der Waals surface area contributed by atoms with Gasteiger partial charge in [0, 0.05) is 10.8 Å². The Morgan fingerprint density at radius 3 is 2.68 bits per heavy atom. The monoisotopic (exact) mass is 330 g/mol. The van der Waals surface area contributed by atoms with Gasteiger partial charge in [0.25, 0.3) is 0 Å². The molecule has 0 saturated heterocycles. The average Bonchev–Trinajstić information content (AvgIpc) is 3.38. The third-order valence-corrected chi connectivity index (χ3v) is 8.08. The molecule has 0 aliphatic heterocycles. The van der Waals surface area contributed by atoms with Crippen LogP contribution in [0.15, 0.2) is 54.6 Å². The second-order valence-electron chi connectivity index (χ2n) is 9.33. The van der Waals surface area contributed by atoms with Crippen molar-refractivity contribution in [3.63, 3.8) is 0 Å². The van der Waals surface area contributed by atoms with Crippen LogP contribution in [0.5, 0.6) is 5.75 Å². The van der Waals surface area contributed by atoms with Crippen LogP contribution < -0.4 is 4.74 Å². The molecule has 7 atom stereocenters. The van der Waals surface area contributed by atoms with Gasteiger partial charge in [-0.05, 0) is 66.2 Å². The van der Waals surface area contributed by atoms with Gasteiger partial charge in [-0.15, -0.1) is 0 Å². The van der Waals surface area contributed by atoms with Crippen molar-refractivity contribution in [3.8, 4) is 5.75 Å². The molecule has 2 aromatic rings. The molecule has 4 bridgehead atoms. The molecule has 4 aliphatic rings. The topological polar surface area (TPSA) is 9.23 Å². The highest BCUT2D eigenvalue weighted by molar-refractivity contribution is 5.88. The van der Waals surface area contributed by atoms with Crippen molar-refractivity contribution in [2.24, 2.45) is 40.9 Å². The Bertz CT molecular complexity index is 862. The van der Waals surface area contributed by atoms with E-state index in [0.29, 0.717) is 5.41 Å². The SMILES string of the molecule is CC1(COc2cccc3ccccc23)CC2CC1C1C3C=CC(C3)C21. The molecular formula is C24H26O. The van der Waals surface area contributed by atoms with Crippen LogP contribution >= 0.6 is 0 Å². The highest BCUT2D eigenvalue weighted by Gasteiger charge is 2.64. The first-order chi connectivity index (χ1) is 12.2. The molecule has 2 aromatic carbocycles. The first-order valence-corrected chi connectivity index (χ1v) is 10.0. The van der Waals surface area contributed by atoms with Crippen LogP contribution in [-0.4, -0.2) is 6.61 Å². The van der Waals surface area contributed by atoms with E-state index in [-0.39, 0.29) is 0 Å². The Balaban J connectivity index is 1.27. The highest BCUT2D eigenvalue weighted by Crippen LogP contribution is 2.70. The van der Waals surface area contributed by atoms with Gasteiger partial charge in [-0.25, -0.2) is 0 Å². The van der Waals surface area contributed by atoms with Crippen molar-refractivity contribution in [2.75, 3.05) is 6.61 Å². The fourth-order valence-corrected chi connectivity index (χ4v) is 7.22. The van der Waals surface area contributed by atoms with Gasteiger partial charge < -0.3 is 4.74 Å². The van der Waals surface area contributed by atoms with Crippen LogP contribution in [0.3, 0.4) is 0 Å². The standard InChI is InChI=1S/C24H26O/c1-24(14-25-21-8-4-6-15-5-2-3-7-19(15)21)13-18-12-20(24)23-17-10-9-16(11-17)22(18)23/h2-10,16-18,20,22-23H,11-14H2,1H3. The predicted octanol–water partition coefficient (Wildman–Crippen LogP) is 5.70. The molecule has 128 valence electrons. The molecule has 0 N–H and O–H groups in total. The lowest BCUT2D eigenvalue weighted by molar-refractivity contribution is 0.0322. The summed E-state index contributed by atoms with van der Waals surface area (Å²) in [6, 6.07) is 15.0. The Kier molecular flexibility index (Phi) is 2.83. The summed E-state index contributed by atoms with van der Waals surface area (Å²) in [4.78, 5) is 0. The lowest BCUT2D eigenvalue weighted by Gasteiger charge is -2.43. The lowest BCUT2D eigenvalue weighted by atomic mass is 9.63. The number of hydrogen-bond acceptors (Lipinski definition) is 1. The van der Waals surface area contributed by atoms with E-state index >= 15 is 0 Å². The normalized spacial score (nSPS) is 43.1. The van der Waals surface area contributed by atoms with Gasteiger partial charge in [-0.2, -0.15) is 0 Å². The smallest absolute Gasteiger partial charge is 0.127 e. The average molecular weight is 330 g/mol. The van der Waals surface area contributed by atoms with E-state index in [1.807, 2.05) is 0 Å². The van der Waals surface area contributed by atoms with Crippen molar-refractivity contribution in [3.05, 3.63) is 54.6 Å². The van der Waals surface area contributed by atoms with Crippen LogP contribution in [0.1, 0.15) is 26.2 Å². The summed E-state index contributed by atoms with van der Waals surface area (Å²) >= 11 is 0. The number of hydrogen-bond donors (Lipinski definition) is 0. The number of rotatable bonds is 3. The molecule has 3 fully saturated rings. The van der Waals surface area contributed by atoms with Crippen molar-refractivity contribution in [2.45, 2.75) is 26.2 Å². The summed E-state index contributed by atoms with van der Waals surface area (Å²) in [7, 11) is 0. The fraction of sp³-hybridized carbons (Fsp3) is 0.500. The highest BCUT2D eigenvalue weighted by atomic mass is 16.5. The summed E-state index contributed by atoms with van der Waals surface area (Å²) in [6.07, 6.45) is 9.36. The van der Waals surface area contributed by atoms with Crippen molar-refractivity contribution >= 4 is 10.8 Å². The second-order valence-corrected chi connectivity index (χ2v) is 9.33. The molecule has 1 nitrogen and oxygen atoms in total. The van der Waals surface area contributed by atoms with E-state index in [1.54, 1.807) is 0 Å². The third kappa shape index (κ3) is 1.90. The van der Waals surface area contributed by atoms with Crippen molar-refractivity contribution < 1.29 is 4.74 Å². The molecule has 3 saturated carbocycles. The van der Waals surface area contributed by atoms with Gasteiger partial charge >= 0.3 is 0 Å². The molecule has 4 aliphatic carbocycles. The van der Waals surface area contributed by atoms with E-state index in [2.05, 4.69) is 61.5 Å². The maximum Gasteiger partial charge on any atom is 0.127 e. The predicted molar refractivity (Wildman–Crippen MR) is 101 cm³/mol. The number of benzene rings is 2. The molecular weight excluding hydrogens is 304 g/mol. The number of fused-ring (bicyclic) bond motifs is 10. The van der Waals surface area contributed by atoms with Crippen LogP contribution in [0, 0.1) is 40.9 Å². The van der Waals surface area contributed by atoms with Gasteiger partial charge in [0.05, 0.1) is 6.61 Å². The maximum atomic E-state index is 6.47. The molecule has 25 heavy (non-hydrogen) atoms. The van der Waals surface area contributed by atoms with Gasteiger partial charge in [0.15, 0.2) is 0 Å². The quantitative estimate of drug-likeness (QED) is 0.518. The van der Waals surface area contributed by atoms with Crippen molar-refractivity contribution in [1.82, 2.24) is 0 Å². The lowest BCUT2D eigenvalue weighted by Crippen LogP contribution is -2.40. The fourth-order valence-electron chi connectivity index (χ4n) is 7.22. The molecule has 1 heteroatoms.